The Hall–Kier alpha value is -2.48. The fourth-order valence-corrected chi connectivity index (χ4v) is 3.93. The maximum absolute atomic E-state index is 12.8. The second kappa shape index (κ2) is 7.41. The Kier molecular flexibility index (Phi) is 4.83. The first kappa shape index (κ1) is 17.0. The molecule has 2 aliphatic rings. The van der Waals surface area contributed by atoms with Crippen molar-refractivity contribution in [2.75, 3.05) is 36.4 Å². The molecule has 0 radical (unpaired) electrons. The number of amides is 2. The first-order chi connectivity index (χ1) is 12.7. The Labute approximate surface area is 156 Å². The summed E-state index contributed by atoms with van der Waals surface area (Å²) in [5.41, 5.74) is 0. The van der Waals surface area contributed by atoms with E-state index in [0.29, 0.717) is 11.4 Å². The summed E-state index contributed by atoms with van der Waals surface area (Å²) in [4.78, 5) is 29.4. The van der Waals surface area contributed by atoms with Gasteiger partial charge in [0, 0.05) is 38.3 Å². The van der Waals surface area contributed by atoms with Crippen molar-refractivity contribution in [2.45, 2.75) is 19.3 Å². The van der Waals surface area contributed by atoms with Gasteiger partial charge in [0.2, 0.25) is 5.91 Å². The summed E-state index contributed by atoms with van der Waals surface area (Å²) in [5, 5.41) is 11.7. The lowest BCUT2D eigenvalue weighted by atomic mass is 10.3. The number of nitrogens with one attached hydrogen (secondary N) is 1. The van der Waals surface area contributed by atoms with Gasteiger partial charge in [-0.05, 0) is 43.5 Å². The topological polar surface area (TPSA) is 78.4 Å². The Balaban J connectivity index is 1.37. The fourth-order valence-electron chi connectivity index (χ4n) is 3.06. The molecule has 0 atom stereocenters. The van der Waals surface area contributed by atoms with E-state index in [-0.39, 0.29) is 17.7 Å². The van der Waals surface area contributed by atoms with E-state index in [4.69, 9.17) is 0 Å². The van der Waals surface area contributed by atoms with Gasteiger partial charge in [-0.1, -0.05) is 0 Å². The number of nitrogens with zero attached hydrogens (tertiary/aromatic N) is 4. The van der Waals surface area contributed by atoms with E-state index >= 15 is 0 Å². The zero-order valence-corrected chi connectivity index (χ0v) is 15.2. The number of thiophene rings is 1. The van der Waals surface area contributed by atoms with Crippen LogP contribution in [0.4, 0.5) is 10.8 Å². The van der Waals surface area contributed by atoms with E-state index in [1.165, 1.54) is 11.3 Å². The second-order valence-electron chi connectivity index (χ2n) is 6.64. The van der Waals surface area contributed by atoms with Crippen molar-refractivity contribution in [3.05, 3.63) is 35.3 Å². The van der Waals surface area contributed by atoms with E-state index in [9.17, 15) is 9.59 Å². The molecule has 136 valence electrons. The minimum atomic E-state index is 0.0305. The molecule has 1 aliphatic carbocycles. The van der Waals surface area contributed by atoms with Crippen molar-refractivity contribution >= 4 is 34.0 Å². The van der Waals surface area contributed by atoms with Crippen molar-refractivity contribution < 1.29 is 9.59 Å². The molecule has 1 N–H and O–H groups in total. The molecule has 1 saturated carbocycles. The molecule has 0 spiro atoms. The zero-order chi connectivity index (χ0) is 17.9. The average molecular weight is 371 g/mol. The van der Waals surface area contributed by atoms with Crippen LogP contribution in [0.5, 0.6) is 0 Å². The molecule has 3 heterocycles. The highest BCUT2D eigenvalue weighted by Crippen LogP contribution is 2.32. The molecule has 26 heavy (non-hydrogen) atoms. The molecule has 1 aliphatic heterocycles. The molecular formula is C18H21N5O2S. The van der Waals surface area contributed by atoms with Gasteiger partial charge < -0.3 is 15.1 Å². The van der Waals surface area contributed by atoms with E-state index in [0.717, 1.165) is 49.7 Å². The Morgan fingerprint density at radius 2 is 2.00 bits per heavy atom. The molecule has 4 rings (SSSR count). The lowest BCUT2D eigenvalue weighted by molar-refractivity contribution is -0.117. The summed E-state index contributed by atoms with van der Waals surface area (Å²) < 4.78 is 0. The lowest BCUT2D eigenvalue weighted by Crippen LogP contribution is -2.35. The number of carbonyl (C=O) groups excluding carboxylic acids is 2. The smallest absolute Gasteiger partial charge is 0.264 e. The molecule has 0 unspecified atom stereocenters. The van der Waals surface area contributed by atoms with Crippen molar-refractivity contribution in [1.29, 1.82) is 0 Å². The predicted octanol–water partition coefficient (Wildman–Crippen LogP) is 2.24. The van der Waals surface area contributed by atoms with Gasteiger partial charge >= 0.3 is 0 Å². The minimum absolute atomic E-state index is 0.0305. The Morgan fingerprint density at radius 1 is 1.12 bits per heavy atom. The van der Waals surface area contributed by atoms with Crippen LogP contribution >= 0.6 is 11.3 Å². The third-order valence-corrected chi connectivity index (χ3v) is 5.67. The SMILES string of the molecule is O=C(Nc1ccc(C(=O)N2CCCN(c3cccnn3)CC2)s1)C1CC1. The van der Waals surface area contributed by atoms with Crippen LogP contribution in [0.25, 0.3) is 0 Å². The van der Waals surface area contributed by atoms with Gasteiger partial charge in [0.1, 0.15) is 0 Å². The molecule has 7 nitrogen and oxygen atoms in total. The van der Waals surface area contributed by atoms with Crippen LogP contribution in [0.15, 0.2) is 30.5 Å². The summed E-state index contributed by atoms with van der Waals surface area (Å²) in [6.45, 7) is 2.96. The monoisotopic (exact) mass is 371 g/mol. The Bertz CT molecular complexity index is 790. The minimum Gasteiger partial charge on any atom is -0.353 e. The normalized spacial score (nSPS) is 17.7. The van der Waals surface area contributed by atoms with E-state index in [2.05, 4.69) is 20.4 Å². The van der Waals surface area contributed by atoms with Gasteiger partial charge in [-0.3, -0.25) is 9.59 Å². The van der Waals surface area contributed by atoms with Gasteiger partial charge in [-0.25, -0.2) is 0 Å². The van der Waals surface area contributed by atoms with Crippen molar-refractivity contribution in [3.8, 4) is 0 Å². The standard InChI is InChI=1S/C18H21N5O2S/c24-17(13-4-5-13)20-16-7-6-14(26-16)18(25)23-10-2-9-22(11-12-23)15-3-1-8-19-21-15/h1,3,6-8,13H,2,4-5,9-12H2,(H,20,24). The Morgan fingerprint density at radius 3 is 2.77 bits per heavy atom. The maximum Gasteiger partial charge on any atom is 0.264 e. The zero-order valence-electron chi connectivity index (χ0n) is 14.4. The highest BCUT2D eigenvalue weighted by Gasteiger charge is 2.30. The number of anilines is 2. The first-order valence-electron chi connectivity index (χ1n) is 8.93. The highest BCUT2D eigenvalue weighted by molar-refractivity contribution is 7.18. The van der Waals surface area contributed by atoms with Crippen LogP contribution in [0.2, 0.25) is 0 Å². The van der Waals surface area contributed by atoms with Gasteiger partial charge in [0.15, 0.2) is 5.82 Å². The fraction of sp³-hybridized carbons (Fsp3) is 0.444. The van der Waals surface area contributed by atoms with Gasteiger partial charge in [-0.2, -0.15) is 5.10 Å². The van der Waals surface area contributed by atoms with E-state index in [1.807, 2.05) is 23.1 Å². The number of aromatic nitrogens is 2. The summed E-state index contributed by atoms with van der Waals surface area (Å²) in [7, 11) is 0. The molecule has 0 aromatic carbocycles. The van der Waals surface area contributed by atoms with Crippen LogP contribution < -0.4 is 10.2 Å². The molecule has 2 aromatic heterocycles. The number of hydrogen-bond donors (Lipinski definition) is 1. The van der Waals surface area contributed by atoms with Crippen LogP contribution in [0.1, 0.15) is 28.9 Å². The highest BCUT2D eigenvalue weighted by atomic mass is 32.1. The van der Waals surface area contributed by atoms with Crippen molar-refractivity contribution in [3.63, 3.8) is 0 Å². The number of rotatable bonds is 4. The van der Waals surface area contributed by atoms with Crippen LogP contribution in [0, 0.1) is 5.92 Å². The van der Waals surface area contributed by atoms with Crippen molar-refractivity contribution in [1.82, 2.24) is 15.1 Å². The third-order valence-electron chi connectivity index (χ3n) is 4.68. The largest absolute Gasteiger partial charge is 0.353 e. The van der Waals surface area contributed by atoms with Crippen molar-refractivity contribution in [2.24, 2.45) is 5.92 Å². The lowest BCUT2D eigenvalue weighted by Gasteiger charge is -2.22. The third kappa shape index (κ3) is 3.85. The molecule has 2 amide bonds. The maximum atomic E-state index is 12.8. The molecule has 8 heteroatoms. The van der Waals surface area contributed by atoms with Crippen LogP contribution in [0.3, 0.4) is 0 Å². The molecule has 2 aromatic rings. The molecule has 0 bridgehead atoms. The molecule has 2 fully saturated rings. The van der Waals surface area contributed by atoms with E-state index in [1.54, 1.807) is 12.3 Å². The van der Waals surface area contributed by atoms with Gasteiger partial charge in [-0.15, -0.1) is 16.4 Å². The van der Waals surface area contributed by atoms with Crippen LogP contribution in [-0.2, 0) is 4.79 Å². The second-order valence-corrected chi connectivity index (χ2v) is 7.73. The van der Waals surface area contributed by atoms with E-state index < -0.39 is 0 Å². The summed E-state index contributed by atoms with van der Waals surface area (Å²) in [5.74, 6) is 1.11. The van der Waals surface area contributed by atoms with Gasteiger partial charge in [0.05, 0.1) is 9.88 Å². The number of carbonyl (C=O) groups is 2. The average Bonchev–Trinajstić information content (AvgIpc) is 3.46. The first-order valence-corrected chi connectivity index (χ1v) is 9.75. The summed E-state index contributed by atoms with van der Waals surface area (Å²) in [6.07, 6.45) is 4.49. The number of hydrogen-bond acceptors (Lipinski definition) is 6. The van der Waals surface area contributed by atoms with Crippen LogP contribution in [-0.4, -0.2) is 53.1 Å². The molecule has 1 saturated heterocycles. The summed E-state index contributed by atoms with van der Waals surface area (Å²) >= 11 is 1.35. The quantitative estimate of drug-likeness (QED) is 0.892. The summed E-state index contributed by atoms with van der Waals surface area (Å²) in [6, 6.07) is 7.44. The predicted molar refractivity (Wildman–Crippen MR) is 100 cm³/mol. The molecular weight excluding hydrogens is 350 g/mol. The van der Waals surface area contributed by atoms with Gasteiger partial charge in [0.25, 0.3) is 5.91 Å².